The average molecular weight is 347 g/mol. The van der Waals surface area contributed by atoms with E-state index in [1.807, 2.05) is 6.08 Å². The summed E-state index contributed by atoms with van der Waals surface area (Å²) in [5.74, 6) is 0.506. The highest BCUT2D eigenvalue weighted by Crippen LogP contribution is 2.35. The van der Waals surface area contributed by atoms with Gasteiger partial charge < -0.3 is 4.74 Å². The smallest absolute Gasteiger partial charge is 0.302 e. The number of esters is 1. The molecule has 0 spiro atoms. The van der Waals surface area contributed by atoms with E-state index in [0.717, 1.165) is 44.0 Å². The Bertz CT molecular complexity index is 535. The number of allylic oxidation sites excluding steroid dienone is 5. The van der Waals surface area contributed by atoms with Gasteiger partial charge in [0.1, 0.15) is 6.29 Å². The maximum atomic E-state index is 11.7. The highest BCUT2D eigenvalue weighted by molar-refractivity contribution is 5.74. The molecule has 0 fully saturated rings. The Kier molecular flexibility index (Phi) is 9.48. The molecule has 0 saturated carbocycles. The van der Waals surface area contributed by atoms with Gasteiger partial charge in [-0.3, -0.25) is 9.59 Å². The summed E-state index contributed by atoms with van der Waals surface area (Å²) in [7, 11) is 0. The second-order valence-corrected chi connectivity index (χ2v) is 7.56. The molecule has 0 aromatic heterocycles. The molecule has 1 rings (SSSR count). The zero-order valence-corrected chi connectivity index (χ0v) is 16.5. The van der Waals surface area contributed by atoms with Crippen LogP contribution in [-0.4, -0.2) is 18.9 Å². The number of rotatable bonds is 7. The van der Waals surface area contributed by atoms with E-state index < -0.39 is 0 Å². The van der Waals surface area contributed by atoms with Gasteiger partial charge in [0, 0.05) is 12.8 Å². The van der Waals surface area contributed by atoms with Crippen molar-refractivity contribution in [1.29, 1.82) is 0 Å². The average Bonchev–Trinajstić information content (AvgIpc) is 2.61. The Labute approximate surface area is 153 Å². The van der Waals surface area contributed by atoms with Gasteiger partial charge in [-0.15, -0.1) is 0 Å². The zero-order valence-electron chi connectivity index (χ0n) is 16.5. The lowest BCUT2D eigenvalue weighted by atomic mass is 9.74. The molecule has 0 aliphatic heterocycles. The van der Waals surface area contributed by atoms with Crippen LogP contribution in [0.5, 0.6) is 0 Å². The van der Waals surface area contributed by atoms with Gasteiger partial charge >= 0.3 is 5.97 Å². The summed E-state index contributed by atoms with van der Waals surface area (Å²) in [6.07, 6.45) is 12.4. The number of carbonyl (C=O) groups is 2. The van der Waals surface area contributed by atoms with Gasteiger partial charge in [-0.05, 0) is 70.3 Å². The van der Waals surface area contributed by atoms with Crippen molar-refractivity contribution in [3.63, 3.8) is 0 Å². The van der Waals surface area contributed by atoms with E-state index in [2.05, 4.69) is 39.8 Å². The fourth-order valence-corrected chi connectivity index (χ4v) is 3.58. The number of hydrogen-bond acceptors (Lipinski definition) is 3. The molecule has 0 radical (unpaired) electrons. The van der Waals surface area contributed by atoms with Crippen molar-refractivity contribution >= 4 is 12.3 Å². The van der Waals surface area contributed by atoms with Crippen LogP contribution >= 0.6 is 0 Å². The minimum absolute atomic E-state index is 0.0117. The van der Waals surface area contributed by atoms with Crippen LogP contribution in [0.15, 0.2) is 34.9 Å². The van der Waals surface area contributed by atoms with Crippen molar-refractivity contribution in [3.8, 4) is 0 Å². The van der Waals surface area contributed by atoms with Gasteiger partial charge in [-0.2, -0.15) is 0 Å². The topological polar surface area (TPSA) is 43.4 Å². The second kappa shape index (κ2) is 11.1. The summed E-state index contributed by atoms with van der Waals surface area (Å²) >= 11 is 0. The first kappa shape index (κ1) is 21.4. The first-order valence-electron chi connectivity index (χ1n) is 9.42. The Hall–Kier alpha value is -1.64. The predicted molar refractivity (Wildman–Crippen MR) is 103 cm³/mol. The fourth-order valence-electron chi connectivity index (χ4n) is 3.58. The summed E-state index contributed by atoms with van der Waals surface area (Å²) in [5.41, 5.74) is 3.49. The third-order valence-corrected chi connectivity index (χ3v) is 5.14. The van der Waals surface area contributed by atoms with Crippen molar-refractivity contribution in [3.05, 3.63) is 34.9 Å². The highest BCUT2D eigenvalue weighted by Gasteiger charge is 2.30. The summed E-state index contributed by atoms with van der Waals surface area (Å²) < 4.78 is 5.33. The quantitative estimate of drug-likeness (QED) is 0.351. The predicted octanol–water partition coefficient (Wildman–Crippen LogP) is 5.42. The van der Waals surface area contributed by atoms with Gasteiger partial charge in [-0.1, -0.05) is 36.3 Å². The molecule has 25 heavy (non-hydrogen) atoms. The molecule has 3 atom stereocenters. The minimum Gasteiger partial charge on any atom is -0.465 e. The van der Waals surface area contributed by atoms with E-state index in [-0.39, 0.29) is 11.9 Å². The lowest BCUT2D eigenvalue weighted by Gasteiger charge is -2.32. The first-order valence-corrected chi connectivity index (χ1v) is 9.42. The van der Waals surface area contributed by atoms with Gasteiger partial charge in [0.2, 0.25) is 0 Å². The van der Waals surface area contributed by atoms with Crippen molar-refractivity contribution in [2.75, 3.05) is 6.61 Å². The van der Waals surface area contributed by atoms with E-state index >= 15 is 0 Å². The fraction of sp³-hybridized carbons (Fsp3) is 0.636. The van der Waals surface area contributed by atoms with Gasteiger partial charge in [-0.25, -0.2) is 0 Å². The summed E-state index contributed by atoms with van der Waals surface area (Å²) in [4.78, 5) is 23.0. The molecule has 0 aromatic rings. The molecule has 0 bridgehead atoms. The van der Waals surface area contributed by atoms with Crippen molar-refractivity contribution in [2.45, 2.75) is 66.7 Å². The van der Waals surface area contributed by atoms with Crippen LogP contribution in [0.1, 0.15) is 66.7 Å². The van der Waals surface area contributed by atoms with Crippen LogP contribution in [-0.2, 0) is 14.3 Å². The number of hydrogen-bond donors (Lipinski definition) is 0. The molecule has 0 amide bonds. The number of aldehydes is 1. The van der Waals surface area contributed by atoms with Crippen LogP contribution in [0.4, 0.5) is 0 Å². The zero-order chi connectivity index (χ0) is 18.8. The molecule has 0 N–H and O–H groups in total. The van der Waals surface area contributed by atoms with Gasteiger partial charge in [0.15, 0.2) is 0 Å². The largest absolute Gasteiger partial charge is 0.465 e. The molecule has 1 aliphatic rings. The Morgan fingerprint density at radius 1 is 1.32 bits per heavy atom. The van der Waals surface area contributed by atoms with E-state index in [4.69, 9.17) is 4.74 Å². The molecular formula is C22H34O3. The molecule has 3 nitrogen and oxygen atoms in total. The van der Waals surface area contributed by atoms with Crippen molar-refractivity contribution in [1.82, 2.24) is 0 Å². The van der Waals surface area contributed by atoms with Crippen LogP contribution in [0.2, 0.25) is 0 Å². The molecular weight excluding hydrogens is 312 g/mol. The van der Waals surface area contributed by atoms with Crippen LogP contribution in [0.3, 0.4) is 0 Å². The van der Waals surface area contributed by atoms with Crippen molar-refractivity contribution < 1.29 is 14.3 Å². The van der Waals surface area contributed by atoms with E-state index in [9.17, 15) is 9.59 Å². The first-order chi connectivity index (χ1) is 11.8. The molecule has 1 unspecified atom stereocenters. The standard InChI is InChI=1S/C22H34O3/c1-16(2)8-6-10-18(4)21-13-12-17(3)9-7-11-20(14-23)22(21)15-25-19(5)24/h8-9,11,14,18,21-22H,6-7,10,12-13,15H2,1-5H3/b17-9+,20-11-/t18?,21-,22+/m1/s1. The molecule has 1 aliphatic carbocycles. The third kappa shape index (κ3) is 7.85. The normalized spacial score (nSPS) is 26.6. The SMILES string of the molecule is CC(=O)OC[C@H]1/C(C=O)=C\C/C=C(\C)CC[C@@H]1C(C)CCC=C(C)C. The monoisotopic (exact) mass is 346 g/mol. The van der Waals surface area contributed by atoms with E-state index in [1.54, 1.807) is 0 Å². The Balaban J connectivity index is 3.03. The van der Waals surface area contributed by atoms with E-state index in [0.29, 0.717) is 18.4 Å². The molecule has 0 saturated heterocycles. The third-order valence-electron chi connectivity index (χ3n) is 5.14. The lowest BCUT2D eigenvalue weighted by Crippen LogP contribution is -2.29. The summed E-state index contributed by atoms with van der Waals surface area (Å²) in [6.45, 7) is 10.4. The highest BCUT2D eigenvalue weighted by atomic mass is 16.5. The number of ether oxygens (including phenoxy) is 1. The van der Waals surface area contributed by atoms with Crippen LogP contribution in [0, 0.1) is 17.8 Å². The van der Waals surface area contributed by atoms with Gasteiger partial charge in [0.25, 0.3) is 0 Å². The van der Waals surface area contributed by atoms with Crippen LogP contribution in [0.25, 0.3) is 0 Å². The molecule has 0 heterocycles. The van der Waals surface area contributed by atoms with E-state index in [1.165, 1.54) is 18.1 Å². The summed E-state index contributed by atoms with van der Waals surface area (Å²) in [6, 6.07) is 0. The lowest BCUT2D eigenvalue weighted by molar-refractivity contribution is -0.142. The minimum atomic E-state index is -0.282. The Morgan fingerprint density at radius 3 is 2.64 bits per heavy atom. The van der Waals surface area contributed by atoms with Crippen LogP contribution < -0.4 is 0 Å². The molecule has 140 valence electrons. The maximum Gasteiger partial charge on any atom is 0.302 e. The number of carbonyl (C=O) groups excluding carboxylic acids is 2. The second-order valence-electron chi connectivity index (χ2n) is 7.56. The Morgan fingerprint density at radius 2 is 2.04 bits per heavy atom. The maximum absolute atomic E-state index is 11.7. The van der Waals surface area contributed by atoms with Crippen molar-refractivity contribution in [2.24, 2.45) is 17.8 Å². The summed E-state index contributed by atoms with van der Waals surface area (Å²) in [5, 5.41) is 0. The molecule has 0 aromatic carbocycles. The molecule has 3 heteroatoms. The van der Waals surface area contributed by atoms with Gasteiger partial charge in [0.05, 0.1) is 6.61 Å².